The van der Waals surface area contributed by atoms with Crippen LogP contribution in [-0.2, 0) is 13.0 Å². The molecule has 0 aliphatic heterocycles. The van der Waals surface area contributed by atoms with Crippen molar-refractivity contribution in [2.75, 3.05) is 6.61 Å². The Morgan fingerprint density at radius 1 is 1.38 bits per heavy atom. The number of halogens is 1. The second-order valence-electron chi connectivity index (χ2n) is 3.98. The third-order valence-corrected chi connectivity index (χ3v) is 3.02. The van der Waals surface area contributed by atoms with E-state index < -0.39 is 0 Å². The van der Waals surface area contributed by atoms with Gasteiger partial charge in [-0.3, -0.25) is 0 Å². The standard InChI is InChI=1S/C13H16ClNO/c1-2-3-10-9-15(6-7-16)13-8-11(14)4-5-12(10)13/h4-5,8-9,16H,2-3,6-7H2,1H3. The Labute approximate surface area is 100 Å². The Morgan fingerprint density at radius 3 is 2.88 bits per heavy atom. The van der Waals surface area contributed by atoms with Crippen LogP contribution in [0, 0.1) is 0 Å². The Balaban J connectivity index is 2.56. The molecular formula is C13H16ClNO. The van der Waals surface area contributed by atoms with Crippen molar-refractivity contribution < 1.29 is 5.11 Å². The van der Waals surface area contributed by atoms with Gasteiger partial charge in [0, 0.05) is 28.7 Å². The summed E-state index contributed by atoms with van der Waals surface area (Å²) in [7, 11) is 0. The highest BCUT2D eigenvalue weighted by atomic mass is 35.5. The molecule has 1 heterocycles. The molecule has 16 heavy (non-hydrogen) atoms. The van der Waals surface area contributed by atoms with E-state index in [1.54, 1.807) is 0 Å². The van der Waals surface area contributed by atoms with Crippen LogP contribution in [0.3, 0.4) is 0 Å². The van der Waals surface area contributed by atoms with Crippen molar-refractivity contribution in [1.29, 1.82) is 0 Å². The van der Waals surface area contributed by atoms with Gasteiger partial charge >= 0.3 is 0 Å². The molecule has 86 valence electrons. The predicted molar refractivity (Wildman–Crippen MR) is 68.0 cm³/mol. The molecular weight excluding hydrogens is 222 g/mol. The van der Waals surface area contributed by atoms with Crippen molar-refractivity contribution >= 4 is 22.5 Å². The van der Waals surface area contributed by atoms with E-state index >= 15 is 0 Å². The summed E-state index contributed by atoms with van der Waals surface area (Å²) in [6.07, 6.45) is 4.32. The van der Waals surface area contributed by atoms with Crippen LogP contribution in [0.2, 0.25) is 5.02 Å². The van der Waals surface area contributed by atoms with E-state index in [-0.39, 0.29) is 6.61 Å². The zero-order valence-electron chi connectivity index (χ0n) is 9.41. The van der Waals surface area contributed by atoms with Gasteiger partial charge in [-0.15, -0.1) is 0 Å². The van der Waals surface area contributed by atoms with Gasteiger partial charge in [0.1, 0.15) is 0 Å². The van der Waals surface area contributed by atoms with Gasteiger partial charge in [-0.1, -0.05) is 31.0 Å². The zero-order valence-corrected chi connectivity index (χ0v) is 10.2. The number of rotatable bonds is 4. The third-order valence-electron chi connectivity index (χ3n) is 2.79. The average Bonchev–Trinajstić information content (AvgIpc) is 2.58. The fraction of sp³-hybridized carbons (Fsp3) is 0.385. The molecule has 0 aliphatic carbocycles. The van der Waals surface area contributed by atoms with Crippen LogP contribution < -0.4 is 0 Å². The van der Waals surface area contributed by atoms with Crippen LogP contribution in [-0.4, -0.2) is 16.3 Å². The van der Waals surface area contributed by atoms with Gasteiger partial charge < -0.3 is 9.67 Å². The normalized spacial score (nSPS) is 11.2. The second kappa shape index (κ2) is 4.89. The van der Waals surface area contributed by atoms with E-state index in [2.05, 4.69) is 23.8 Å². The minimum Gasteiger partial charge on any atom is -0.395 e. The molecule has 2 aromatic rings. The molecule has 0 spiro atoms. The van der Waals surface area contributed by atoms with Crippen molar-refractivity contribution in [3.8, 4) is 0 Å². The third kappa shape index (κ3) is 2.08. The lowest BCUT2D eigenvalue weighted by atomic mass is 10.1. The highest BCUT2D eigenvalue weighted by Gasteiger charge is 2.07. The lowest BCUT2D eigenvalue weighted by Gasteiger charge is -2.01. The number of fused-ring (bicyclic) bond motifs is 1. The fourth-order valence-corrected chi connectivity index (χ4v) is 2.27. The lowest BCUT2D eigenvalue weighted by Crippen LogP contribution is -1.99. The number of nitrogens with zero attached hydrogens (tertiary/aromatic N) is 1. The summed E-state index contributed by atoms with van der Waals surface area (Å²) in [6.45, 7) is 2.95. The molecule has 1 aromatic carbocycles. The minimum absolute atomic E-state index is 0.155. The number of aliphatic hydroxyl groups is 1. The van der Waals surface area contributed by atoms with E-state index in [4.69, 9.17) is 16.7 Å². The molecule has 2 rings (SSSR count). The molecule has 0 bridgehead atoms. The van der Waals surface area contributed by atoms with Crippen LogP contribution in [0.1, 0.15) is 18.9 Å². The van der Waals surface area contributed by atoms with Gasteiger partial charge in [0.05, 0.1) is 6.61 Å². The molecule has 2 nitrogen and oxygen atoms in total. The molecule has 1 N–H and O–H groups in total. The first kappa shape index (κ1) is 11.5. The summed E-state index contributed by atoms with van der Waals surface area (Å²) in [5.74, 6) is 0. The largest absolute Gasteiger partial charge is 0.395 e. The van der Waals surface area contributed by atoms with Gasteiger partial charge in [-0.05, 0) is 24.1 Å². The van der Waals surface area contributed by atoms with E-state index in [9.17, 15) is 0 Å². The van der Waals surface area contributed by atoms with Crippen LogP contribution in [0.5, 0.6) is 0 Å². The molecule has 3 heteroatoms. The van der Waals surface area contributed by atoms with Gasteiger partial charge in [-0.25, -0.2) is 0 Å². The summed E-state index contributed by atoms with van der Waals surface area (Å²) >= 11 is 6.00. The first-order chi connectivity index (χ1) is 7.76. The number of hydrogen-bond donors (Lipinski definition) is 1. The molecule has 0 fully saturated rings. The van der Waals surface area contributed by atoms with Gasteiger partial charge in [0.25, 0.3) is 0 Å². The Morgan fingerprint density at radius 2 is 2.19 bits per heavy atom. The van der Waals surface area contributed by atoms with Crippen LogP contribution in [0.25, 0.3) is 10.9 Å². The van der Waals surface area contributed by atoms with Crippen molar-refractivity contribution in [2.24, 2.45) is 0 Å². The number of hydrogen-bond acceptors (Lipinski definition) is 1. The molecule has 0 saturated carbocycles. The SMILES string of the molecule is CCCc1cn(CCO)c2cc(Cl)ccc12. The Bertz CT molecular complexity index is 490. The van der Waals surface area contributed by atoms with Gasteiger partial charge in [-0.2, -0.15) is 0 Å². The molecule has 0 unspecified atom stereocenters. The summed E-state index contributed by atoms with van der Waals surface area (Å²) < 4.78 is 2.08. The van der Waals surface area contributed by atoms with Gasteiger partial charge in [0.2, 0.25) is 0 Å². The molecule has 1 aromatic heterocycles. The zero-order chi connectivity index (χ0) is 11.5. The number of aromatic nitrogens is 1. The Kier molecular flexibility index (Phi) is 3.52. The van der Waals surface area contributed by atoms with Crippen molar-refractivity contribution in [2.45, 2.75) is 26.3 Å². The summed E-state index contributed by atoms with van der Waals surface area (Å²) in [5, 5.41) is 11.0. The lowest BCUT2D eigenvalue weighted by molar-refractivity contribution is 0.278. The first-order valence-electron chi connectivity index (χ1n) is 5.64. The van der Waals surface area contributed by atoms with Crippen molar-refractivity contribution in [1.82, 2.24) is 4.57 Å². The molecule has 0 aliphatic rings. The second-order valence-corrected chi connectivity index (χ2v) is 4.42. The number of aliphatic hydroxyl groups excluding tert-OH is 1. The summed E-state index contributed by atoms with van der Waals surface area (Å²) in [4.78, 5) is 0. The maximum absolute atomic E-state index is 9.03. The molecule has 0 atom stereocenters. The summed E-state index contributed by atoms with van der Waals surface area (Å²) in [5.41, 5.74) is 2.45. The average molecular weight is 238 g/mol. The minimum atomic E-state index is 0.155. The van der Waals surface area contributed by atoms with Crippen LogP contribution >= 0.6 is 11.6 Å². The smallest absolute Gasteiger partial charge is 0.0610 e. The van der Waals surface area contributed by atoms with E-state index in [0.717, 1.165) is 23.4 Å². The number of aryl methyl sites for hydroxylation is 1. The maximum Gasteiger partial charge on any atom is 0.0610 e. The van der Waals surface area contributed by atoms with Crippen molar-refractivity contribution in [3.05, 3.63) is 35.0 Å². The fourth-order valence-electron chi connectivity index (χ4n) is 2.10. The Hall–Kier alpha value is -0.990. The van der Waals surface area contributed by atoms with Crippen molar-refractivity contribution in [3.63, 3.8) is 0 Å². The topological polar surface area (TPSA) is 25.2 Å². The van der Waals surface area contributed by atoms with Crippen LogP contribution in [0.4, 0.5) is 0 Å². The van der Waals surface area contributed by atoms with Crippen LogP contribution in [0.15, 0.2) is 24.4 Å². The molecule has 0 saturated heterocycles. The van der Waals surface area contributed by atoms with E-state index in [0.29, 0.717) is 6.54 Å². The highest BCUT2D eigenvalue weighted by molar-refractivity contribution is 6.31. The van der Waals surface area contributed by atoms with Gasteiger partial charge in [0.15, 0.2) is 0 Å². The molecule has 0 radical (unpaired) electrons. The maximum atomic E-state index is 9.03. The predicted octanol–water partition coefficient (Wildman–Crippen LogP) is 3.24. The first-order valence-corrected chi connectivity index (χ1v) is 6.02. The monoisotopic (exact) mass is 237 g/mol. The van der Waals surface area contributed by atoms with E-state index in [1.165, 1.54) is 10.9 Å². The summed E-state index contributed by atoms with van der Waals surface area (Å²) in [6, 6.07) is 5.95. The highest BCUT2D eigenvalue weighted by Crippen LogP contribution is 2.25. The number of benzene rings is 1. The molecule has 0 amide bonds. The van der Waals surface area contributed by atoms with E-state index in [1.807, 2.05) is 12.1 Å². The quantitative estimate of drug-likeness (QED) is 0.868.